The first kappa shape index (κ1) is 20.5. The monoisotopic (exact) mass is 461 g/mol. The van der Waals surface area contributed by atoms with Crippen molar-refractivity contribution in [3.8, 4) is 10.6 Å². The number of nitrogens with zero attached hydrogens (tertiary/aromatic N) is 2. The number of benzene rings is 2. The number of aromatic nitrogens is 1. The first-order chi connectivity index (χ1) is 15.6. The SMILES string of the molecule is O=C(/C=C/c1ccc([N+](=O)[O-])cc1)Nc1sc2c(c1-c1nc3ccccc3s1)CCCC2. The normalized spacial score (nSPS) is 13.4. The van der Waals surface area contributed by atoms with E-state index in [2.05, 4.69) is 11.4 Å². The largest absolute Gasteiger partial charge is 0.313 e. The molecule has 8 heteroatoms. The number of non-ortho nitro benzene ring substituents is 1. The van der Waals surface area contributed by atoms with Crippen LogP contribution in [0.2, 0.25) is 0 Å². The minimum atomic E-state index is -0.442. The molecule has 0 saturated heterocycles. The third-order valence-corrected chi connectivity index (χ3v) is 7.71. The van der Waals surface area contributed by atoms with Crippen molar-refractivity contribution in [1.82, 2.24) is 4.98 Å². The fraction of sp³-hybridized carbons (Fsp3) is 0.167. The summed E-state index contributed by atoms with van der Waals surface area (Å²) in [4.78, 5) is 29.2. The van der Waals surface area contributed by atoms with Crippen molar-refractivity contribution in [3.05, 3.63) is 80.7 Å². The number of fused-ring (bicyclic) bond motifs is 2. The van der Waals surface area contributed by atoms with Crippen molar-refractivity contribution < 1.29 is 9.72 Å². The zero-order valence-corrected chi connectivity index (χ0v) is 18.7. The van der Waals surface area contributed by atoms with E-state index in [9.17, 15) is 14.9 Å². The van der Waals surface area contributed by atoms with E-state index in [1.165, 1.54) is 35.1 Å². The number of nitro benzene ring substituents is 1. The zero-order chi connectivity index (χ0) is 22.1. The van der Waals surface area contributed by atoms with E-state index in [-0.39, 0.29) is 11.6 Å². The topological polar surface area (TPSA) is 85.1 Å². The van der Waals surface area contributed by atoms with Crippen LogP contribution in [0.1, 0.15) is 28.8 Å². The van der Waals surface area contributed by atoms with Crippen LogP contribution in [0, 0.1) is 10.1 Å². The lowest BCUT2D eigenvalue weighted by Crippen LogP contribution is -2.07. The molecule has 1 N–H and O–H groups in total. The Bertz CT molecular complexity index is 1320. The molecule has 2 aromatic heterocycles. The van der Waals surface area contributed by atoms with Crippen molar-refractivity contribution in [2.24, 2.45) is 0 Å². The molecule has 0 atom stereocenters. The Morgan fingerprint density at radius 3 is 2.62 bits per heavy atom. The molecule has 160 valence electrons. The lowest BCUT2D eigenvalue weighted by molar-refractivity contribution is -0.384. The van der Waals surface area contributed by atoms with Crippen molar-refractivity contribution in [2.45, 2.75) is 25.7 Å². The molecule has 0 fully saturated rings. The van der Waals surface area contributed by atoms with Gasteiger partial charge in [0.2, 0.25) is 5.91 Å². The summed E-state index contributed by atoms with van der Waals surface area (Å²) in [6.07, 6.45) is 7.47. The summed E-state index contributed by atoms with van der Waals surface area (Å²) < 4.78 is 1.13. The molecular formula is C24H19N3O3S2. The van der Waals surface area contributed by atoms with Gasteiger partial charge in [-0.3, -0.25) is 14.9 Å². The van der Waals surface area contributed by atoms with Gasteiger partial charge < -0.3 is 5.32 Å². The van der Waals surface area contributed by atoms with E-state index in [0.717, 1.165) is 50.6 Å². The highest BCUT2D eigenvalue weighted by Gasteiger charge is 2.24. The van der Waals surface area contributed by atoms with Crippen LogP contribution < -0.4 is 5.32 Å². The van der Waals surface area contributed by atoms with Crippen LogP contribution in [0.5, 0.6) is 0 Å². The number of carbonyl (C=O) groups excluding carboxylic acids is 1. The highest BCUT2D eigenvalue weighted by atomic mass is 32.1. The number of hydrogen-bond acceptors (Lipinski definition) is 6. The number of para-hydroxylation sites is 1. The fourth-order valence-electron chi connectivity index (χ4n) is 3.89. The van der Waals surface area contributed by atoms with Gasteiger partial charge in [0.05, 0.1) is 15.1 Å². The predicted octanol–water partition coefficient (Wildman–Crippen LogP) is 6.46. The second-order valence-electron chi connectivity index (χ2n) is 7.57. The quantitative estimate of drug-likeness (QED) is 0.210. The molecule has 1 aliphatic rings. The fourth-order valence-corrected chi connectivity index (χ4v) is 6.29. The molecule has 0 unspecified atom stereocenters. The van der Waals surface area contributed by atoms with Gasteiger partial charge in [-0.1, -0.05) is 12.1 Å². The molecule has 1 amide bonds. The van der Waals surface area contributed by atoms with Crippen molar-refractivity contribution in [3.63, 3.8) is 0 Å². The van der Waals surface area contributed by atoms with E-state index < -0.39 is 4.92 Å². The van der Waals surface area contributed by atoms with Crippen LogP contribution in [-0.4, -0.2) is 15.8 Å². The van der Waals surface area contributed by atoms with Gasteiger partial charge in [-0.2, -0.15) is 0 Å². The number of nitrogens with one attached hydrogen (secondary N) is 1. The van der Waals surface area contributed by atoms with Gasteiger partial charge in [-0.15, -0.1) is 22.7 Å². The second-order valence-corrected chi connectivity index (χ2v) is 9.71. The third-order valence-electron chi connectivity index (χ3n) is 5.45. The van der Waals surface area contributed by atoms with Crippen LogP contribution in [0.25, 0.3) is 26.9 Å². The minimum Gasteiger partial charge on any atom is -0.313 e. The van der Waals surface area contributed by atoms with E-state index in [4.69, 9.17) is 4.98 Å². The molecule has 2 heterocycles. The Balaban J connectivity index is 1.43. The summed E-state index contributed by atoms with van der Waals surface area (Å²) in [6.45, 7) is 0. The number of nitro groups is 1. The van der Waals surface area contributed by atoms with Crippen LogP contribution in [0.15, 0.2) is 54.6 Å². The number of hydrogen-bond donors (Lipinski definition) is 1. The maximum atomic E-state index is 12.7. The molecule has 0 spiro atoms. The standard InChI is InChI=1S/C24H19N3O3S2/c28-21(14-11-15-9-12-16(13-10-15)27(29)30)26-24-22(17-5-1-3-7-19(17)31-24)23-25-18-6-2-4-8-20(18)32-23/h2,4,6,8-14H,1,3,5,7H2,(H,26,28)/b14-11+. The van der Waals surface area contributed by atoms with Gasteiger partial charge in [0.1, 0.15) is 10.0 Å². The van der Waals surface area contributed by atoms with E-state index in [1.54, 1.807) is 40.9 Å². The van der Waals surface area contributed by atoms with Gasteiger partial charge in [-0.25, -0.2) is 4.98 Å². The summed E-state index contributed by atoms with van der Waals surface area (Å²) >= 11 is 3.30. The van der Waals surface area contributed by atoms with E-state index in [1.807, 2.05) is 18.2 Å². The van der Waals surface area contributed by atoms with Gasteiger partial charge >= 0.3 is 0 Å². The molecule has 5 rings (SSSR count). The Morgan fingerprint density at radius 1 is 1.06 bits per heavy atom. The van der Waals surface area contributed by atoms with Gasteiger partial charge in [0.15, 0.2) is 0 Å². The molecule has 0 saturated carbocycles. The number of carbonyl (C=O) groups is 1. The highest BCUT2D eigenvalue weighted by Crippen LogP contribution is 2.46. The van der Waals surface area contributed by atoms with Crippen LogP contribution >= 0.6 is 22.7 Å². The second kappa shape index (κ2) is 8.64. The van der Waals surface area contributed by atoms with Crippen LogP contribution in [-0.2, 0) is 17.6 Å². The Kier molecular flexibility index (Phi) is 5.55. The third kappa shape index (κ3) is 4.06. The van der Waals surface area contributed by atoms with E-state index >= 15 is 0 Å². The molecule has 1 aliphatic carbocycles. The number of aryl methyl sites for hydroxylation is 1. The molecule has 0 bridgehead atoms. The van der Waals surface area contributed by atoms with Crippen molar-refractivity contribution >= 4 is 55.6 Å². The number of amides is 1. The van der Waals surface area contributed by atoms with Crippen molar-refractivity contribution in [1.29, 1.82) is 0 Å². The maximum Gasteiger partial charge on any atom is 0.269 e. The zero-order valence-electron chi connectivity index (χ0n) is 17.0. The molecule has 2 aromatic carbocycles. The number of anilines is 1. The lowest BCUT2D eigenvalue weighted by atomic mass is 9.96. The number of thiophene rings is 1. The summed E-state index contributed by atoms with van der Waals surface area (Å²) in [5, 5.41) is 15.6. The Hall–Kier alpha value is -3.36. The molecule has 0 radical (unpaired) electrons. The van der Waals surface area contributed by atoms with Crippen LogP contribution in [0.4, 0.5) is 10.7 Å². The summed E-state index contributed by atoms with van der Waals surface area (Å²) in [6, 6.07) is 14.2. The number of rotatable bonds is 5. The highest BCUT2D eigenvalue weighted by molar-refractivity contribution is 7.22. The first-order valence-electron chi connectivity index (χ1n) is 10.3. The lowest BCUT2D eigenvalue weighted by Gasteiger charge is -2.11. The van der Waals surface area contributed by atoms with Gasteiger partial charge in [-0.05, 0) is 67.2 Å². The number of thiazole rings is 1. The Labute approximate surface area is 192 Å². The maximum absolute atomic E-state index is 12.7. The van der Waals surface area contributed by atoms with E-state index in [0.29, 0.717) is 0 Å². The van der Waals surface area contributed by atoms with Gasteiger partial charge in [0.25, 0.3) is 5.69 Å². The average Bonchev–Trinajstić information content (AvgIpc) is 3.38. The summed E-state index contributed by atoms with van der Waals surface area (Å²) in [5.41, 5.74) is 4.09. The Morgan fingerprint density at radius 2 is 1.84 bits per heavy atom. The smallest absolute Gasteiger partial charge is 0.269 e. The minimum absolute atomic E-state index is 0.0243. The average molecular weight is 462 g/mol. The van der Waals surface area contributed by atoms with Crippen LogP contribution in [0.3, 0.4) is 0 Å². The molecule has 6 nitrogen and oxygen atoms in total. The first-order valence-corrected chi connectivity index (χ1v) is 12.0. The molecule has 0 aliphatic heterocycles. The molecule has 4 aromatic rings. The van der Waals surface area contributed by atoms with Crippen molar-refractivity contribution in [2.75, 3.05) is 5.32 Å². The molecular weight excluding hydrogens is 442 g/mol. The predicted molar refractivity (Wildman–Crippen MR) is 130 cm³/mol. The molecule has 32 heavy (non-hydrogen) atoms. The summed E-state index contributed by atoms with van der Waals surface area (Å²) in [5.74, 6) is -0.232. The van der Waals surface area contributed by atoms with Gasteiger partial charge in [0, 0.05) is 28.6 Å². The summed E-state index contributed by atoms with van der Waals surface area (Å²) in [7, 11) is 0.